The minimum atomic E-state index is -4.14. The first kappa shape index (κ1) is 37.7. The van der Waals surface area contributed by atoms with E-state index in [2.05, 4.69) is 19.9 Å². The second kappa shape index (κ2) is 15.8. The predicted molar refractivity (Wildman–Crippen MR) is 216 cm³/mol. The third-order valence-electron chi connectivity index (χ3n) is 11.0. The summed E-state index contributed by atoms with van der Waals surface area (Å²) in [6.45, 7) is 1.68. The lowest BCUT2D eigenvalue weighted by Gasteiger charge is -2.37. The van der Waals surface area contributed by atoms with Gasteiger partial charge in [-0.3, -0.25) is 4.79 Å². The van der Waals surface area contributed by atoms with Crippen molar-refractivity contribution >= 4 is 44.3 Å². The Labute approximate surface area is 330 Å². The molecule has 4 heterocycles. The minimum Gasteiger partial charge on any atom is -0.480 e. The van der Waals surface area contributed by atoms with Gasteiger partial charge in [0.1, 0.15) is 40.0 Å². The van der Waals surface area contributed by atoms with Gasteiger partial charge in [-0.05, 0) is 59.7 Å². The molecule has 0 unspecified atom stereocenters. The number of hydrogen-bond donors (Lipinski definition) is 3. The average Bonchev–Trinajstić information content (AvgIpc) is 3.91. The first-order valence-electron chi connectivity index (χ1n) is 18.9. The van der Waals surface area contributed by atoms with Crippen molar-refractivity contribution in [1.82, 2.24) is 19.6 Å². The molecule has 0 radical (unpaired) electrons. The van der Waals surface area contributed by atoms with E-state index < -0.39 is 45.3 Å². The van der Waals surface area contributed by atoms with E-state index in [-0.39, 0.29) is 35.2 Å². The summed E-state index contributed by atoms with van der Waals surface area (Å²) >= 11 is 0. The lowest BCUT2D eigenvalue weighted by Crippen LogP contribution is -2.48. The number of fused-ring (bicyclic) bond motifs is 1. The van der Waals surface area contributed by atoms with E-state index in [0.717, 1.165) is 47.5 Å². The zero-order chi connectivity index (χ0) is 39.6. The van der Waals surface area contributed by atoms with Gasteiger partial charge < -0.3 is 20.2 Å². The van der Waals surface area contributed by atoms with Crippen LogP contribution in [-0.4, -0.2) is 72.0 Å². The van der Waals surface area contributed by atoms with Crippen LogP contribution in [0.4, 0.5) is 16.0 Å². The largest absolute Gasteiger partial charge is 0.480 e. The number of aliphatic carboxylic acids is 1. The number of amides is 1. The number of likely N-dealkylation sites (tertiary alicyclic amines) is 1. The molecule has 0 saturated carbocycles. The van der Waals surface area contributed by atoms with Crippen LogP contribution in [-0.2, 0) is 31.6 Å². The second-order valence-electron chi connectivity index (χ2n) is 14.4. The minimum absolute atomic E-state index is 0.0249. The third-order valence-corrected chi connectivity index (χ3v) is 12.4. The molecule has 290 valence electrons. The van der Waals surface area contributed by atoms with Gasteiger partial charge in [-0.1, -0.05) is 103 Å². The summed E-state index contributed by atoms with van der Waals surface area (Å²) < 4.78 is 45.6. The quantitative estimate of drug-likeness (QED) is 0.114. The number of carbonyl (C=O) groups is 2. The summed E-state index contributed by atoms with van der Waals surface area (Å²) in [4.78, 5) is 38.4. The van der Waals surface area contributed by atoms with Gasteiger partial charge in [0.2, 0.25) is 15.9 Å². The van der Waals surface area contributed by atoms with Gasteiger partial charge in [0.15, 0.2) is 0 Å². The van der Waals surface area contributed by atoms with E-state index in [1.54, 1.807) is 18.2 Å². The first-order chi connectivity index (χ1) is 27.7. The number of nitrogens with one attached hydrogen (secondary N) is 2. The number of sulfonamides is 1. The Balaban J connectivity index is 1.06. The number of carboxylic acids is 1. The number of hydrogen-bond acceptors (Lipinski definition) is 8. The number of carboxylic acid groups (broad SMARTS) is 1. The van der Waals surface area contributed by atoms with E-state index >= 15 is 4.39 Å². The van der Waals surface area contributed by atoms with Gasteiger partial charge in [-0.15, -0.1) is 0 Å². The van der Waals surface area contributed by atoms with Gasteiger partial charge in [-0.25, -0.2) is 27.6 Å². The van der Waals surface area contributed by atoms with Crippen molar-refractivity contribution in [1.29, 1.82) is 0 Å². The van der Waals surface area contributed by atoms with E-state index in [0.29, 0.717) is 17.0 Å². The van der Waals surface area contributed by atoms with Crippen molar-refractivity contribution in [3.63, 3.8) is 0 Å². The van der Waals surface area contributed by atoms with Crippen LogP contribution in [0.5, 0.6) is 0 Å². The van der Waals surface area contributed by atoms with Gasteiger partial charge in [0, 0.05) is 49.2 Å². The number of aromatic nitrogens is 2. The van der Waals surface area contributed by atoms with E-state index in [9.17, 15) is 23.1 Å². The fourth-order valence-electron chi connectivity index (χ4n) is 8.06. The highest BCUT2D eigenvalue weighted by molar-refractivity contribution is 7.89. The summed E-state index contributed by atoms with van der Waals surface area (Å²) in [5.41, 5.74) is 1.96. The standard InChI is InChI=1S/C44H41FN6O5S/c45-40-30(28-38(43(53)54)51-27-23-37(42(51)52)49-57(55,56)34-19-21-39(47-29-34)50-25-10-11-26-50)18-20-36-35(40)22-24-46-41(36)48-44(31-12-4-1-5-13-31,32-14-6-2-7-15-32)33-16-8-3-9-17-33/h1-9,12-22,24,29,37-38,49H,10-11,23,25-28H2,(H,46,48)(H,53,54)/t37-,38+/m0/s1. The highest BCUT2D eigenvalue weighted by Crippen LogP contribution is 2.41. The molecule has 3 N–H and O–H groups in total. The fourth-order valence-corrected chi connectivity index (χ4v) is 9.23. The van der Waals surface area contributed by atoms with Crippen molar-refractivity contribution in [3.8, 4) is 0 Å². The van der Waals surface area contributed by atoms with E-state index in [1.165, 1.54) is 24.5 Å². The smallest absolute Gasteiger partial charge is 0.326 e. The molecule has 11 nitrogen and oxygen atoms in total. The Bertz CT molecular complexity index is 2410. The lowest BCUT2D eigenvalue weighted by molar-refractivity contribution is -0.148. The molecule has 2 saturated heterocycles. The van der Waals surface area contributed by atoms with Crippen molar-refractivity contribution in [2.45, 2.75) is 48.2 Å². The summed E-state index contributed by atoms with van der Waals surface area (Å²) in [7, 11) is -4.14. The van der Waals surface area contributed by atoms with Gasteiger partial charge in [0.05, 0.1) is 0 Å². The number of carbonyl (C=O) groups excluding carboxylic acids is 1. The Kier molecular flexibility index (Phi) is 10.4. The monoisotopic (exact) mass is 784 g/mol. The van der Waals surface area contributed by atoms with Crippen LogP contribution in [0.1, 0.15) is 41.5 Å². The molecule has 0 aliphatic carbocycles. The summed E-state index contributed by atoms with van der Waals surface area (Å²) in [6, 6.07) is 35.0. The molecule has 2 aromatic heterocycles. The summed E-state index contributed by atoms with van der Waals surface area (Å²) in [6.07, 6.45) is 4.57. The highest BCUT2D eigenvalue weighted by atomic mass is 32.2. The zero-order valence-electron chi connectivity index (χ0n) is 31.0. The Morgan fingerprint density at radius 2 is 1.42 bits per heavy atom. The SMILES string of the molecule is O=C(O)[C@@H](Cc1ccc2c(NC(c3ccccc3)(c3ccccc3)c3ccccc3)nccc2c1F)N1CC[C@H](NS(=O)(=O)c2ccc(N3CCCC3)nc2)C1=O. The second-order valence-corrected chi connectivity index (χ2v) is 16.1. The summed E-state index contributed by atoms with van der Waals surface area (Å²) in [5.74, 6) is -1.56. The van der Waals surface area contributed by atoms with Crippen LogP contribution >= 0.6 is 0 Å². The molecule has 2 atom stereocenters. The number of halogens is 1. The van der Waals surface area contributed by atoms with E-state index in [4.69, 9.17) is 4.98 Å². The lowest BCUT2D eigenvalue weighted by atomic mass is 9.77. The molecule has 0 spiro atoms. The molecular weight excluding hydrogens is 744 g/mol. The molecule has 2 fully saturated rings. The number of rotatable bonds is 13. The van der Waals surface area contributed by atoms with Gasteiger partial charge in [-0.2, -0.15) is 4.72 Å². The molecule has 1 amide bonds. The van der Waals surface area contributed by atoms with Crippen LogP contribution in [0.25, 0.3) is 10.8 Å². The first-order valence-corrected chi connectivity index (χ1v) is 20.4. The fraction of sp³-hybridized carbons (Fsp3) is 0.227. The highest BCUT2D eigenvalue weighted by Gasteiger charge is 2.42. The molecule has 2 aliphatic heterocycles. The maximum absolute atomic E-state index is 16.6. The number of anilines is 2. The normalized spacial score (nSPS) is 16.6. The van der Waals surface area contributed by atoms with Crippen molar-refractivity contribution in [2.24, 2.45) is 0 Å². The molecule has 2 aliphatic rings. The molecule has 0 bridgehead atoms. The Hall–Kier alpha value is -6.18. The maximum Gasteiger partial charge on any atom is 0.326 e. The van der Waals surface area contributed by atoms with Crippen molar-refractivity contribution < 1.29 is 27.5 Å². The van der Waals surface area contributed by atoms with Crippen molar-refractivity contribution in [2.75, 3.05) is 29.9 Å². The topological polar surface area (TPSA) is 145 Å². The van der Waals surface area contributed by atoms with Crippen LogP contribution < -0.4 is 14.9 Å². The van der Waals surface area contributed by atoms with Crippen molar-refractivity contribution in [3.05, 3.63) is 162 Å². The molecule has 13 heteroatoms. The van der Waals surface area contributed by atoms with Crippen LogP contribution in [0.3, 0.4) is 0 Å². The van der Waals surface area contributed by atoms with Crippen LogP contribution in [0.15, 0.2) is 139 Å². The molecule has 57 heavy (non-hydrogen) atoms. The summed E-state index contributed by atoms with van der Waals surface area (Å²) in [5, 5.41) is 14.7. The molecular formula is C44H41FN6O5S. The van der Waals surface area contributed by atoms with Gasteiger partial charge >= 0.3 is 5.97 Å². The zero-order valence-corrected chi connectivity index (χ0v) is 31.8. The van der Waals surface area contributed by atoms with E-state index in [1.807, 2.05) is 91.0 Å². The number of nitrogens with zero attached hydrogens (tertiary/aromatic N) is 4. The van der Waals surface area contributed by atoms with Gasteiger partial charge in [0.25, 0.3) is 0 Å². The number of benzene rings is 4. The Morgan fingerprint density at radius 3 is 1.98 bits per heavy atom. The maximum atomic E-state index is 16.6. The molecule has 4 aromatic carbocycles. The predicted octanol–water partition coefficient (Wildman–Crippen LogP) is 6.35. The molecule has 8 rings (SSSR count). The van der Waals surface area contributed by atoms with Crippen LogP contribution in [0.2, 0.25) is 0 Å². The Morgan fingerprint density at radius 1 is 0.807 bits per heavy atom. The number of pyridine rings is 2. The molecule has 6 aromatic rings. The van der Waals surface area contributed by atoms with Crippen LogP contribution in [0, 0.1) is 5.82 Å². The average molecular weight is 785 g/mol. The third kappa shape index (κ3) is 7.31.